The number of ether oxygens (including phenoxy) is 1. The van der Waals surface area contributed by atoms with Crippen molar-refractivity contribution >= 4 is 5.97 Å². The normalized spacial score (nSPS) is 10.0. The summed E-state index contributed by atoms with van der Waals surface area (Å²) in [6.07, 6.45) is 4.23. The summed E-state index contributed by atoms with van der Waals surface area (Å²) in [5, 5.41) is 12.4. The molecule has 0 aromatic carbocycles. The van der Waals surface area contributed by atoms with E-state index in [4.69, 9.17) is 14.4 Å². The summed E-state index contributed by atoms with van der Waals surface area (Å²) >= 11 is 0. The van der Waals surface area contributed by atoms with Gasteiger partial charge >= 0.3 is 5.97 Å². The van der Waals surface area contributed by atoms with Gasteiger partial charge in [-0.1, -0.05) is 5.16 Å². The molecule has 0 unspecified atom stereocenters. The van der Waals surface area contributed by atoms with E-state index in [2.05, 4.69) is 10.1 Å². The molecule has 6 heteroatoms. The molecule has 0 aliphatic carbocycles. The molecule has 2 heterocycles. The van der Waals surface area contributed by atoms with E-state index in [0.717, 1.165) is 0 Å². The molecule has 2 aromatic rings. The molecule has 2 rings (SSSR count). The molecule has 0 spiro atoms. The first-order valence-corrected chi connectivity index (χ1v) is 4.47. The van der Waals surface area contributed by atoms with Crippen molar-refractivity contribution < 1.29 is 19.2 Å². The highest BCUT2D eigenvalue weighted by atomic mass is 16.5. The van der Waals surface area contributed by atoms with Gasteiger partial charge in [-0.05, 0) is 6.07 Å². The summed E-state index contributed by atoms with van der Waals surface area (Å²) in [4.78, 5) is 14.6. The molecular weight excluding hydrogens is 212 g/mol. The molecule has 0 saturated carbocycles. The zero-order valence-corrected chi connectivity index (χ0v) is 8.16. The number of carboxylic acids is 1. The van der Waals surface area contributed by atoms with Gasteiger partial charge in [0.25, 0.3) is 0 Å². The Kier molecular flexibility index (Phi) is 2.81. The fourth-order valence-corrected chi connectivity index (χ4v) is 1.14. The van der Waals surface area contributed by atoms with Crippen LogP contribution in [0.1, 0.15) is 16.1 Å². The van der Waals surface area contributed by atoms with Crippen molar-refractivity contribution in [2.45, 2.75) is 6.61 Å². The van der Waals surface area contributed by atoms with Gasteiger partial charge in [0.1, 0.15) is 12.2 Å². The maximum atomic E-state index is 10.8. The Morgan fingerprint density at radius 2 is 2.31 bits per heavy atom. The summed E-state index contributed by atoms with van der Waals surface area (Å²) in [5.41, 5.74) is 0.0644. The lowest BCUT2D eigenvalue weighted by Gasteiger charge is -2.05. The van der Waals surface area contributed by atoms with E-state index in [9.17, 15) is 4.79 Å². The zero-order valence-electron chi connectivity index (χ0n) is 8.16. The predicted octanol–water partition coefficient (Wildman–Crippen LogP) is 1.35. The molecule has 0 amide bonds. The molecule has 6 nitrogen and oxygen atoms in total. The molecule has 0 atom stereocenters. The van der Waals surface area contributed by atoms with Crippen molar-refractivity contribution in [3.05, 3.63) is 42.0 Å². The first kappa shape index (κ1) is 10.2. The van der Waals surface area contributed by atoms with Gasteiger partial charge in [0, 0.05) is 12.3 Å². The highest BCUT2D eigenvalue weighted by molar-refractivity contribution is 5.90. The monoisotopic (exact) mass is 220 g/mol. The minimum absolute atomic E-state index is 0.0644. The first-order valence-electron chi connectivity index (χ1n) is 4.47. The largest absolute Gasteiger partial charge is 0.483 e. The third-order valence-electron chi connectivity index (χ3n) is 1.88. The summed E-state index contributed by atoms with van der Waals surface area (Å²) < 4.78 is 10.1. The van der Waals surface area contributed by atoms with Gasteiger partial charge in [0.15, 0.2) is 11.5 Å². The maximum absolute atomic E-state index is 10.8. The lowest BCUT2D eigenvalue weighted by atomic mass is 10.2. The molecule has 82 valence electrons. The lowest BCUT2D eigenvalue weighted by Crippen LogP contribution is -2.03. The molecule has 16 heavy (non-hydrogen) atoms. The number of pyridine rings is 1. The minimum Gasteiger partial charge on any atom is -0.483 e. The number of hydrogen-bond acceptors (Lipinski definition) is 5. The Morgan fingerprint density at radius 3 is 3.00 bits per heavy atom. The fourth-order valence-electron chi connectivity index (χ4n) is 1.14. The van der Waals surface area contributed by atoms with Crippen LogP contribution in [0.3, 0.4) is 0 Å². The van der Waals surface area contributed by atoms with Crippen LogP contribution in [0.4, 0.5) is 0 Å². The van der Waals surface area contributed by atoms with Crippen LogP contribution in [0.5, 0.6) is 5.75 Å². The number of rotatable bonds is 4. The molecule has 1 N–H and O–H groups in total. The number of hydrogen-bond donors (Lipinski definition) is 1. The minimum atomic E-state index is -1.06. The van der Waals surface area contributed by atoms with Crippen LogP contribution in [0, 0.1) is 0 Å². The van der Waals surface area contributed by atoms with Crippen molar-refractivity contribution in [1.29, 1.82) is 0 Å². The molecule has 0 radical (unpaired) electrons. The number of aromatic carboxylic acids is 1. The summed E-state index contributed by atoms with van der Waals surface area (Å²) in [6, 6.07) is 3.01. The fraction of sp³-hybridized carbons (Fsp3) is 0.100. The zero-order chi connectivity index (χ0) is 11.4. The first-order chi connectivity index (χ1) is 7.77. The number of nitrogens with zero attached hydrogens (tertiary/aromatic N) is 2. The Hall–Kier alpha value is -2.37. The van der Waals surface area contributed by atoms with E-state index in [1.165, 1.54) is 24.7 Å². The van der Waals surface area contributed by atoms with Gasteiger partial charge in [-0.25, -0.2) is 4.79 Å². The van der Waals surface area contributed by atoms with Gasteiger partial charge < -0.3 is 14.4 Å². The van der Waals surface area contributed by atoms with Crippen LogP contribution >= 0.6 is 0 Å². The highest BCUT2D eigenvalue weighted by Crippen LogP contribution is 2.17. The maximum Gasteiger partial charge on any atom is 0.339 e. The van der Waals surface area contributed by atoms with Crippen molar-refractivity contribution in [2.24, 2.45) is 0 Å². The van der Waals surface area contributed by atoms with Gasteiger partial charge in [0.2, 0.25) is 0 Å². The van der Waals surface area contributed by atoms with Crippen molar-refractivity contribution in [3.8, 4) is 5.75 Å². The Labute approximate surface area is 90.5 Å². The number of carbonyl (C=O) groups is 1. The third kappa shape index (κ3) is 2.17. The predicted molar refractivity (Wildman–Crippen MR) is 52.0 cm³/mol. The number of aromatic nitrogens is 2. The van der Waals surface area contributed by atoms with E-state index in [-0.39, 0.29) is 17.9 Å². The Balaban J connectivity index is 2.12. The summed E-state index contributed by atoms with van der Waals surface area (Å²) in [7, 11) is 0. The standard InChI is InChI=1S/C10H8N2O4/c13-10(14)8-2-3-11-5-9(8)15-6-7-1-4-12-16-7/h1-5H,6H2,(H,13,14). The molecule has 0 aliphatic heterocycles. The smallest absolute Gasteiger partial charge is 0.339 e. The van der Waals surface area contributed by atoms with E-state index >= 15 is 0 Å². The van der Waals surface area contributed by atoms with Gasteiger partial charge in [-0.2, -0.15) is 0 Å². The Morgan fingerprint density at radius 1 is 1.44 bits per heavy atom. The average Bonchev–Trinajstić information content (AvgIpc) is 2.79. The second-order valence-corrected chi connectivity index (χ2v) is 2.94. The van der Waals surface area contributed by atoms with Crippen LogP contribution in [0.2, 0.25) is 0 Å². The molecule has 0 bridgehead atoms. The summed E-state index contributed by atoms with van der Waals surface area (Å²) in [6.45, 7) is 0.117. The van der Waals surface area contributed by atoms with Crippen LogP contribution < -0.4 is 4.74 Å². The SMILES string of the molecule is O=C(O)c1ccncc1OCc1ccno1. The molecule has 0 aliphatic rings. The van der Waals surface area contributed by atoms with Crippen LogP contribution in [0.15, 0.2) is 35.2 Å². The summed E-state index contributed by atoms with van der Waals surface area (Å²) in [5.74, 6) is -0.346. The van der Waals surface area contributed by atoms with Crippen molar-refractivity contribution in [1.82, 2.24) is 10.1 Å². The molecule has 0 saturated heterocycles. The quantitative estimate of drug-likeness (QED) is 0.836. The van der Waals surface area contributed by atoms with E-state index in [1.807, 2.05) is 0 Å². The molecule has 0 fully saturated rings. The number of carboxylic acid groups (broad SMARTS) is 1. The van der Waals surface area contributed by atoms with Crippen LogP contribution in [-0.2, 0) is 6.61 Å². The molecular formula is C10H8N2O4. The Bertz CT molecular complexity index is 481. The van der Waals surface area contributed by atoms with Crippen LogP contribution in [0.25, 0.3) is 0 Å². The van der Waals surface area contributed by atoms with Crippen molar-refractivity contribution in [2.75, 3.05) is 0 Å². The lowest BCUT2D eigenvalue weighted by molar-refractivity contribution is 0.0691. The second-order valence-electron chi connectivity index (χ2n) is 2.94. The van der Waals surface area contributed by atoms with E-state index < -0.39 is 5.97 Å². The van der Waals surface area contributed by atoms with Crippen molar-refractivity contribution in [3.63, 3.8) is 0 Å². The van der Waals surface area contributed by atoms with Gasteiger partial charge in [0.05, 0.1) is 12.4 Å². The second kappa shape index (κ2) is 4.43. The van der Waals surface area contributed by atoms with Gasteiger partial charge in [-0.3, -0.25) is 4.98 Å². The van der Waals surface area contributed by atoms with E-state index in [1.54, 1.807) is 6.07 Å². The molecule has 2 aromatic heterocycles. The average molecular weight is 220 g/mol. The topological polar surface area (TPSA) is 85.5 Å². The highest BCUT2D eigenvalue weighted by Gasteiger charge is 2.11. The van der Waals surface area contributed by atoms with E-state index in [0.29, 0.717) is 5.76 Å². The third-order valence-corrected chi connectivity index (χ3v) is 1.88. The van der Waals surface area contributed by atoms with Crippen LogP contribution in [-0.4, -0.2) is 21.2 Å². The van der Waals surface area contributed by atoms with Gasteiger partial charge in [-0.15, -0.1) is 0 Å².